The lowest BCUT2D eigenvalue weighted by molar-refractivity contribution is -0.0921. The van der Waals surface area contributed by atoms with Crippen LogP contribution in [0.2, 0.25) is 0 Å². The number of hydrogen-bond donors (Lipinski definition) is 2. The number of ether oxygens (including phenoxy) is 1. The molecule has 0 saturated heterocycles. The smallest absolute Gasteiger partial charge is 0.387 e. The van der Waals surface area contributed by atoms with E-state index in [1.54, 1.807) is 13.0 Å². The minimum Gasteiger partial charge on any atom is -0.435 e. The summed E-state index contributed by atoms with van der Waals surface area (Å²) in [5, 5.41) is 2.91. The first kappa shape index (κ1) is 20.8. The van der Waals surface area contributed by atoms with Gasteiger partial charge in [0.05, 0.1) is 0 Å². The number of H-pyrrole nitrogens is 1. The van der Waals surface area contributed by atoms with Crippen molar-refractivity contribution >= 4 is 5.91 Å². The summed E-state index contributed by atoms with van der Waals surface area (Å²) in [4.78, 5) is 31.1. The second-order valence-electron chi connectivity index (χ2n) is 6.45. The van der Waals surface area contributed by atoms with Gasteiger partial charge in [-0.2, -0.15) is 8.78 Å². The van der Waals surface area contributed by atoms with Crippen molar-refractivity contribution in [3.63, 3.8) is 0 Å². The van der Waals surface area contributed by atoms with E-state index in [2.05, 4.69) is 20.0 Å². The SMILES string of the molecule is C/C=C(\C=C/C[C@H](NC(=O)c1cc(=O)[nH]c(CCC)n1)C1CC1)OC(F)F. The van der Waals surface area contributed by atoms with E-state index in [4.69, 9.17) is 0 Å². The average molecular weight is 381 g/mol. The normalized spacial score (nSPS) is 16.0. The molecule has 0 radical (unpaired) electrons. The predicted molar refractivity (Wildman–Crippen MR) is 97.4 cm³/mol. The molecule has 0 spiro atoms. The third-order valence-electron chi connectivity index (χ3n) is 4.20. The van der Waals surface area contributed by atoms with Crippen LogP contribution in [0.15, 0.2) is 34.8 Å². The molecule has 1 aromatic rings. The minimum atomic E-state index is -2.88. The highest BCUT2D eigenvalue weighted by Crippen LogP contribution is 2.34. The Labute approximate surface area is 156 Å². The number of nitrogens with one attached hydrogen (secondary N) is 2. The lowest BCUT2D eigenvalue weighted by Crippen LogP contribution is -2.37. The molecule has 0 aromatic carbocycles. The van der Waals surface area contributed by atoms with Gasteiger partial charge in [-0.1, -0.05) is 13.0 Å². The Bertz CT molecular complexity index is 755. The standard InChI is InChI=1S/C19H25F2N3O3/c1-3-6-16-22-15(11-17(25)24-16)18(26)23-14(12-9-10-12)8-5-7-13(4-2)27-19(20)21/h4-5,7,11-12,14,19H,3,6,8-10H2,1-2H3,(H,23,26)(H,22,24,25)/b7-5-,13-4+/t14-/m0/s1. The first-order chi connectivity index (χ1) is 12.9. The first-order valence-electron chi connectivity index (χ1n) is 9.11. The number of amides is 1. The summed E-state index contributed by atoms with van der Waals surface area (Å²) in [6.07, 6.45) is 8.47. The van der Waals surface area contributed by atoms with Gasteiger partial charge in [0.15, 0.2) is 0 Å². The maximum absolute atomic E-state index is 12.5. The summed E-state index contributed by atoms with van der Waals surface area (Å²) in [7, 11) is 0. The Morgan fingerprint density at radius 2 is 2.22 bits per heavy atom. The van der Waals surface area contributed by atoms with E-state index in [0.717, 1.165) is 19.3 Å². The summed E-state index contributed by atoms with van der Waals surface area (Å²) in [6.45, 7) is 0.688. The highest BCUT2D eigenvalue weighted by molar-refractivity contribution is 5.92. The molecule has 0 aliphatic heterocycles. The van der Waals surface area contributed by atoms with Crippen molar-refractivity contribution in [2.75, 3.05) is 0 Å². The van der Waals surface area contributed by atoms with Crippen LogP contribution in [0, 0.1) is 5.92 Å². The van der Waals surface area contributed by atoms with Crippen LogP contribution in [0.3, 0.4) is 0 Å². The van der Waals surface area contributed by atoms with Gasteiger partial charge in [-0.25, -0.2) is 4.98 Å². The molecule has 8 heteroatoms. The Morgan fingerprint density at radius 1 is 1.48 bits per heavy atom. The molecule has 2 rings (SSSR count). The lowest BCUT2D eigenvalue weighted by Gasteiger charge is -2.16. The van der Waals surface area contributed by atoms with E-state index in [0.29, 0.717) is 24.6 Å². The van der Waals surface area contributed by atoms with E-state index < -0.39 is 12.5 Å². The molecule has 1 fully saturated rings. The van der Waals surface area contributed by atoms with E-state index in [1.807, 2.05) is 6.92 Å². The molecule has 1 aliphatic rings. The molecule has 148 valence electrons. The fourth-order valence-corrected chi connectivity index (χ4v) is 2.73. The molecule has 1 atom stereocenters. The summed E-state index contributed by atoms with van der Waals surface area (Å²) < 4.78 is 28.9. The molecular weight excluding hydrogens is 356 g/mol. The second kappa shape index (κ2) is 9.99. The molecule has 1 heterocycles. The van der Waals surface area contributed by atoms with Crippen LogP contribution >= 0.6 is 0 Å². The minimum absolute atomic E-state index is 0.0753. The molecule has 27 heavy (non-hydrogen) atoms. The number of alkyl halides is 2. The third-order valence-corrected chi connectivity index (χ3v) is 4.20. The lowest BCUT2D eigenvalue weighted by atomic mass is 10.1. The van der Waals surface area contributed by atoms with Crippen LogP contribution in [-0.2, 0) is 11.2 Å². The van der Waals surface area contributed by atoms with Gasteiger partial charge in [-0.15, -0.1) is 0 Å². The number of carbonyl (C=O) groups is 1. The van der Waals surface area contributed by atoms with Gasteiger partial charge in [0.25, 0.3) is 11.5 Å². The predicted octanol–water partition coefficient (Wildman–Crippen LogP) is 3.32. The Kier molecular flexibility index (Phi) is 7.69. The number of aryl methyl sites for hydroxylation is 1. The van der Waals surface area contributed by atoms with Crippen LogP contribution in [0.1, 0.15) is 55.8 Å². The number of aromatic nitrogens is 2. The number of allylic oxidation sites excluding steroid dienone is 2. The zero-order valence-electron chi connectivity index (χ0n) is 15.5. The first-order valence-corrected chi connectivity index (χ1v) is 9.11. The molecule has 1 saturated carbocycles. The zero-order valence-corrected chi connectivity index (χ0v) is 15.5. The number of aromatic amines is 1. The van der Waals surface area contributed by atoms with Crippen molar-refractivity contribution in [2.24, 2.45) is 5.92 Å². The average Bonchev–Trinajstić information content (AvgIpc) is 3.44. The summed E-state index contributed by atoms with van der Waals surface area (Å²) >= 11 is 0. The maximum Gasteiger partial charge on any atom is 0.387 e. The molecule has 0 unspecified atom stereocenters. The summed E-state index contributed by atoms with van der Waals surface area (Å²) in [5.41, 5.74) is -0.268. The van der Waals surface area contributed by atoms with E-state index in [9.17, 15) is 18.4 Å². The molecule has 1 amide bonds. The second-order valence-corrected chi connectivity index (χ2v) is 6.45. The topological polar surface area (TPSA) is 84.1 Å². The van der Waals surface area contributed by atoms with Crippen LogP contribution < -0.4 is 10.9 Å². The van der Waals surface area contributed by atoms with Crippen molar-refractivity contribution in [3.8, 4) is 0 Å². The number of hydrogen-bond acceptors (Lipinski definition) is 4. The fraction of sp³-hybridized carbons (Fsp3) is 0.526. The third kappa shape index (κ3) is 6.96. The van der Waals surface area contributed by atoms with Gasteiger partial charge in [0.2, 0.25) is 0 Å². The highest BCUT2D eigenvalue weighted by Gasteiger charge is 2.32. The maximum atomic E-state index is 12.5. The Balaban J connectivity index is 2.02. The number of nitrogens with zero attached hydrogens (tertiary/aromatic N) is 1. The van der Waals surface area contributed by atoms with Gasteiger partial charge < -0.3 is 15.0 Å². The summed E-state index contributed by atoms with van der Waals surface area (Å²) in [5.74, 6) is 0.492. The monoisotopic (exact) mass is 381 g/mol. The number of rotatable bonds is 10. The molecular formula is C19H25F2N3O3. The zero-order chi connectivity index (χ0) is 19.8. The Hall–Kier alpha value is -2.51. The largest absolute Gasteiger partial charge is 0.435 e. The highest BCUT2D eigenvalue weighted by atomic mass is 19.3. The van der Waals surface area contributed by atoms with Crippen LogP contribution in [0.4, 0.5) is 8.78 Å². The quantitative estimate of drug-likeness (QED) is 0.481. The van der Waals surface area contributed by atoms with Gasteiger partial charge >= 0.3 is 6.61 Å². The van der Waals surface area contributed by atoms with Crippen molar-refractivity contribution in [1.82, 2.24) is 15.3 Å². The van der Waals surface area contributed by atoms with Crippen molar-refractivity contribution in [2.45, 2.75) is 58.6 Å². The van der Waals surface area contributed by atoms with Gasteiger partial charge in [-0.05, 0) is 50.7 Å². The van der Waals surface area contributed by atoms with Crippen molar-refractivity contribution < 1.29 is 18.3 Å². The van der Waals surface area contributed by atoms with Crippen LogP contribution in [0.25, 0.3) is 0 Å². The van der Waals surface area contributed by atoms with Gasteiger partial charge in [0.1, 0.15) is 17.3 Å². The molecule has 2 N–H and O–H groups in total. The summed E-state index contributed by atoms with van der Waals surface area (Å²) in [6, 6.07) is 1.04. The van der Waals surface area contributed by atoms with Gasteiger partial charge in [-0.3, -0.25) is 9.59 Å². The van der Waals surface area contributed by atoms with Crippen LogP contribution in [0.5, 0.6) is 0 Å². The van der Waals surface area contributed by atoms with E-state index in [-0.39, 0.29) is 23.1 Å². The molecule has 0 bridgehead atoms. The molecule has 1 aromatic heterocycles. The molecule has 6 nitrogen and oxygen atoms in total. The van der Waals surface area contributed by atoms with E-state index in [1.165, 1.54) is 18.2 Å². The number of carbonyl (C=O) groups excluding carboxylic acids is 1. The van der Waals surface area contributed by atoms with Crippen molar-refractivity contribution in [1.29, 1.82) is 0 Å². The van der Waals surface area contributed by atoms with Crippen molar-refractivity contribution in [3.05, 3.63) is 51.9 Å². The fourth-order valence-electron chi connectivity index (χ4n) is 2.73. The number of halogens is 2. The van der Waals surface area contributed by atoms with Crippen LogP contribution in [-0.4, -0.2) is 28.5 Å². The van der Waals surface area contributed by atoms with E-state index >= 15 is 0 Å². The molecule has 1 aliphatic carbocycles. The Morgan fingerprint density at radius 3 is 2.81 bits per heavy atom. The van der Waals surface area contributed by atoms with Gasteiger partial charge in [0, 0.05) is 18.5 Å².